The number of amides is 1. The van der Waals surface area contributed by atoms with Crippen LogP contribution in [0.25, 0.3) is 0 Å². The van der Waals surface area contributed by atoms with Gasteiger partial charge < -0.3 is 11.1 Å². The molecular weight excluding hydrogens is 262 g/mol. The summed E-state index contributed by atoms with van der Waals surface area (Å²) in [5.41, 5.74) is 5.34. The van der Waals surface area contributed by atoms with Crippen LogP contribution in [-0.4, -0.2) is 18.0 Å². The Hall–Kier alpha value is -1.20. The fourth-order valence-corrected chi connectivity index (χ4v) is 1.23. The molecule has 3 nitrogen and oxygen atoms in total. The lowest BCUT2D eigenvalue weighted by molar-refractivity contribution is -0.120. The fraction of sp³-hybridized carbons (Fsp3) is 0.417. The molecule has 6 heteroatoms. The molecule has 0 atom stereocenters. The number of nitrogens with one attached hydrogen (secondary N) is 1. The molecule has 1 rings (SSSR count). The monoisotopic (exact) mass is 278 g/mol. The first-order valence-electron chi connectivity index (χ1n) is 5.27. The Labute approximate surface area is 111 Å². The van der Waals surface area contributed by atoms with E-state index in [0.29, 0.717) is 6.54 Å². The maximum absolute atomic E-state index is 13.2. The molecule has 0 aliphatic heterocycles. The van der Waals surface area contributed by atoms with E-state index in [-0.39, 0.29) is 30.3 Å². The second-order valence-corrected chi connectivity index (χ2v) is 4.68. The predicted octanol–water partition coefficient (Wildman–Crippen LogP) is 1.78. The molecule has 0 aromatic heterocycles. The van der Waals surface area contributed by atoms with E-state index in [1.54, 1.807) is 13.8 Å². The summed E-state index contributed by atoms with van der Waals surface area (Å²) in [6, 6.07) is 3.14. The van der Waals surface area contributed by atoms with Crippen molar-refractivity contribution in [3.63, 3.8) is 0 Å². The minimum atomic E-state index is -0.716. The normalized spacial score (nSPS) is 10.7. The summed E-state index contributed by atoms with van der Waals surface area (Å²) >= 11 is 0. The molecule has 1 aromatic rings. The van der Waals surface area contributed by atoms with Gasteiger partial charge in [-0.05, 0) is 25.5 Å². The summed E-state index contributed by atoms with van der Waals surface area (Å²) in [5.74, 6) is -1.71. The molecule has 0 saturated heterocycles. The SMILES string of the molecule is CC(C)(N)CNC(=O)Cc1ccc(F)cc1F.Cl. The first-order chi connectivity index (χ1) is 7.78. The molecule has 0 aliphatic carbocycles. The summed E-state index contributed by atoms with van der Waals surface area (Å²) in [6.07, 6.45) is -0.123. The van der Waals surface area contributed by atoms with Crippen LogP contribution >= 0.6 is 12.4 Å². The van der Waals surface area contributed by atoms with Crippen LogP contribution in [0, 0.1) is 11.6 Å². The van der Waals surface area contributed by atoms with Crippen LogP contribution in [0.5, 0.6) is 0 Å². The topological polar surface area (TPSA) is 55.1 Å². The Morgan fingerprint density at radius 3 is 2.50 bits per heavy atom. The Bertz CT molecular complexity index is 419. The first kappa shape index (κ1) is 16.8. The summed E-state index contributed by atoms with van der Waals surface area (Å²) < 4.78 is 25.9. The lowest BCUT2D eigenvalue weighted by Crippen LogP contribution is -2.45. The van der Waals surface area contributed by atoms with Crippen molar-refractivity contribution in [3.05, 3.63) is 35.4 Å². The van der Waals surface area contributed by atoms with Crippen LogP contribution < -0.4 is 11.1 Å². The van der Waals surface area contributed by atoms with E-state index in [0.717, 1.165) is 12.1 Å². The number of rotatable bonds is 4. The maximum atomic E-state index is 13.2. The number of carbonyl (C=O) groups is 1. The Balaban J connectivity index is 0.00000289. The second kappa shape index (κ2) is 6.66. The van der Waals surface area contributed by atoms with Crippen molar-refractivity contribution in [2.45, 2.75) is 25.8 Å². The molecule has 3 N–H and O–H groups in total. The zero-order chi connectivity index (χ0) is 13.1. The van der Waals surface area contributed by atoms with Crippen LogP contribution in [0.3, 0.4) is 0 Å². The number of benzene rings is 1. The molecule has 0 bridgehead atoms. The molecule has 0 spiro atoms. The second-order valence-electron chi connectivity index (χ2n) is 4.68. The van der Waals surface area contributed by atoms with Crippen molar-refractivity contribution >= 4 is 18.3 Å². The third kappa shape index (κ3) is 5.93. The summed E-state index contributed by atoms with van der Waals surface area (Å²) in [7, 11) is 0. The molecule has 0 fully saturated rings. The molecule has 0 radical (unpaired) electrons. The molecular formula is C12H17ClF2N2O. The van der Waals surface area contributed by atoms with E-state index >= 15 is 0 Å². The maximum Gasteiger partial charge on any atom is 0.224 e. The van der Waals surface area contributed by atoms with Gasteiger partial charge in [0.25, 0.3) is 0 Å². The minimum absolute atomic E-state index is 0. The smallest absolute Gasteiger partial charge is 0.224 e. The average Bonchev–Trinajstić information content (AvgIpc) is 2.18. The third-order valence-corrected chi connectivity index (χ3v) is 2.11. The van der Waals surface area contributed by atoms with Crippen molar-refractivity contribution in [1.29, 1.82) is 0 Å². The van der Waals surface area contributed by atoms with Crippen molar-refractivity contribution in [2.24, 2.45) is 5.73 Å². The number of hydrogen-bond donors (Lipinski definition) is 2. The largest absolute Gasteiger partial charge is 0.354 e. The highest BCUT2D eigenvalue weighted by atomic mass is 35.5. The van der Waals surface area contributed by atoms with Gasteiger partial charge in [0.1, 0.15) is 11.6 Å². The van der Waals surface area contributed by atoms with Crippen LogP contribution in [0.1, 0.15) is 19.4 Å². The van der Waals surface area contributed by atoms with Gasteiger partial charge in [0.2, 0.25) is 5.91 Å². The predicted molar refractivity (Wildman–Crippen MR) is 68.6 cm³/mol. The van der Waals surface area contributed by atoms with Crippen molar-refractivity contribution < 1.29 is 13.6 Å². The molecule has 0 saturated carbocycles. The van der Waals surface area contributed by atoms with E-state index in [2.05, 4.69) is 5.32 Å². The van der Waals surface area contributed by atoms with E-state index in [1.807, 2.05) is 0 Å². The van der Waals surface area contributed by atoms with Gasteiger partial charge in [0.15, 0.2) is 0 Å². The van der Waals surface area contributed by atoms with Gasteiger partial charge in [0.05, 0.1) is 6.42 Å². The van der Waals surface area contributed by atoms with Crippen molar-refractivity contribution in [1.82, 2.24) is 5.32 Å². The number of hydrogen-bond acceptors (Lipinski definition) is 2. The standard InChI is InChI=1S/C12H16F2N2O.ClH/c1-12(2,15)7-16-11(17)5-8-3-4-9(13)6-10(8)14;/h3-4,6H,5,7,15H2,1-2H3,(H,16,17);1H. The quantitative estimate of drug-likeness (QED) is 0.882. The van der Waals surface area contributed by atoms with Gasteiger partial charge in [-0.1, -0.05) is 6.07 Å². The van der Waals surface area contributed by atoms with Gasteiger partial charge in [-0.15, -0.1) is 12.4 Å². The number of nitrogens with two attached hydrogens (primary N) is 1. The van der Waals surface area contributed by atoms with Crippen LogP contribution in [0.4, 0.5) is 8.78 Å². The Morgan fingerprint density at radius 1 is 1.39 bits per heavy atom. The van der Waals surface area contributed by atoms with Gasteiger partial charge >= 0.3 is 0 Å². The van der Waals surface area contributed by atoms with Gasteiger partial charge in [0, 0.05) is 18.2 Å². The van der Waals surface area contributed by atoms with Gasteiger partial charge in [-0.2, -0.15) is 0 Å². The zero-order valence-corrected chi connectivity index (χ0v) is 11.1. The lowest BCUT2D eigenvalue weighted by atomic mass is 10.1. The highest BCUT2D eigenvalue weighted by molar-refractivity contribution is 5.85. The number of carbonyl (C=O) groups excluding carboxylic acids is 1. The fourth-order valence-electron chi connectivity index (χ4n) is 1.23. The minimum Gasteiger partial charge on any atom is -0.354 e. The highest BCUT2D eigenvalue weighted by Gasteiger charge is 2.13. The molecule has 102 valence electrons. The molecule has 0 heterocycles. The summed E-state index contributed by atoms with van der Waals surface area (Å²) in [6.45, 7) is 3.84. The molecule has 18 heavy (non-hydrogen) atoms. The zero-order valence-electron chi connectivity index (χ0n) is 10.3. The van der Waals surface area contributed by atoms with Crippen LogP contribution in [-0.2, 0) is 11.2 Å². The Kier molecular flexibility index (Phi) is 6.21. The van der Waals surface area contributed by atoms with Crippen molar-refractivity contribution in [2.75, 3.05) is 6.54 Å². The van der Waals surface area contributed by atoms with Crippen LogP contribution in [0.15, 0.2) is 18.2 Å². The molecule has 1 amide bonds. The molecule has 0 aliphatic rings. The number of halogens is 3. The molecule has 0 unspecified atom stereocenters. The van der Waals surface area contributed by atoms with Gasteiger partial charge in [-0.25, -0.2) is 8.78 Å². The van der Waals surface area contributed by atoms with E-state index in [9.17, 15) is 13.6 Å². The first-order valence-corrected chi connectivity index (χ1v) is 5.27. The third-order valence-electron chi connectivity index (χ3n) is 2.11. The van der Waals surface area contributed by atoms with E-state index in [1.165, 1.54) is 6.07 Å². The van der Waals surface area contributed by atoms with E-state index < -0.39 is 17.2 Å². The van der Waals surface area contributed by atoms with Gasteiger partial charge in [-0.3, -0.25) is 4.79 Å². The lowest BCUT2D eigenvalue weighted by Gasteiger charge is -2.18. The van der Waals surface area contributed by atoms with Crippen molar-refractivity contribution in [3.8, 4) is 0 Å². The molecule has 1 aromatic carbocycles. The van der Waals surface area contributed by atoms with E-state index in [4.69, 9.17) is 5.73 Å². The Morgan fingerprint density at radius 2 is 2.00 bits per heavy atom. The summed E-state index contributed by atoms with van der Waals surface area (Å²) in [5, 5.41) is 2.59. The summed E-state index contributed by atoms with van der Waals surface area (Å²) in [4.78, 5) is 11.5. The average molecular weight is 279 g/mol. The van der Waals surface area contributed by atoms with Crippen LogP contribution in [0.2, 0.25) is 0 Å². The highest BCUT2D eigenvalue weighted by Crippen LogP contribution is 2.10.